The fourth-order valence-electron chi connectivity index (χ4n) is 3.35. The van der Waals surface area contributed by atoms with Crippen LogP contribution in [-0.2, 0) is 28.2 Å². The van der Waals surface area contributed by atoms with Crippen molar-refractivity contribution >= 4 is 38.8 Å². The first kappa shape index (κ1) is 25.9. The van der Waals surface area contributed by atoms with Crippen molar-refractivity contribution in [3.63, 3.8) is 0 Å². The van der Waals surface area contributed by atoms with Gasteiger partial charge in [-0.1, -0.05) is 0 Å². The minimum Gasteiger partial charge on any atom is -0.394 e. The standard InChI is InChI=1S/C12H27O11P3S/c13-3-8(15)10(16)12(23-27(17,18)19)7(14)1-5-2-9(21-25)11(22-26)6(5)4-20-24/h5-16H,1-4,24-26H2,(H,17,18,19). The van der Waals surface area contributed by atoms with E-state index in [2.05, 4.69) is 32.6 Å². The molecule has 0 saturated heterocycles. The number of aliphatic hydroxyl groups excluding tert-OH is 4. The smallest absolute Gasteiger partial charge is 0.394 e. The molecule has 0 aromatic carbocycles. The van der Waals surface area contributed by atoms with Gasteiger partial charge >= 0.3 is 10.4 Å². The fourth-order valence-corrected chi connectivity index (χ4v) is 4.73. The van der Waals surface area contributed by atoms with E-state index in [1.165, 1.54) is 0 Å². The molecular formula is C12H27O11P3S. The lowest BCUT2D eigenvalue weighted by molar-refractivity contribution is -0.110. The molecule has 0 spiro atoms. The molecule has 27 heavy (non-hydrogen) atoms. The molecule has 0 radical (unpaired) electrons. The summed E-state index contributed by atoms with van der Waals surface area (Å²) in [6, 6.07) is 0. The van der Waals surface area contributed by atoms with E-state index in [9.17, 15) is 23.7 Å². The molecule has 11 unspecified atom stereocenters. The van der Waals surface area contributed by atoms with E-state index in [1.807, 2.05) is 0 Å². The Kier molecular flexibility index (Phi) is 11.4. The van der Waals surface area contributed by atoms with Gasteiger partial charge in [0, 0.05) is 34.3 Å². The first-order chi connectivity index (χ1) is 12.6. The second-order valence-electron chi connectivity index (χ2n) is 6.30. The minimum absolute atomic E-state index is 0.0802. The maximum Gasteiger partial charge on any atom is 0.397 e. The summed E-state index contributed by atoms with van der Waals surface area (Å²) in [4.78, 5) is 0. The maximum absolute atomic E-state index is 11.1. The molecule has 11 nitrogen and oxygen atoms in total. The highest BCUT2D eigenvalue weighted by atomic mass is 32.3. The van der Waals surface area contributed by atoms with E-state index in [-0.39, 0.29) is 37.1 Å². The zero-order valence-corrected chi connectivity index (χ0v) is 18.6. The second kappa shape index (κ2) is 11.9. The molecule has 1 aliphatic carbocycles. The van der Waals surface area contributed by atoms with Crippen molar-refractivity contribution in [2.75, 3.05) is 13.2 Å². The molecule has 5 N–H and O–H groups in total. The van der Waals surface area contributed by atoms with Crippen LogP contribution in [0.2, 0.25) is 0 Å². The zero-order valence-electron chi connectivity index (χ0n) is 14.3. The third kappa shape index (κ3) is 7.57. The molecule has 0 bridgehead atoms. The summed E-state index contributed by atoms with van der Waals surface area (Å²) in [6.07, 6.45) is -7.64. The molecule has 162 valence electrons. The van der Waals surface area contributed by atoms with E-state index in [0.717, 1.165) is 0 Å². The van der Waals surface area contributed by atoms with Gasteiger partial charge in [0.05, 0.1) is 31.5 Å². The Bertz CT molecular complexity index is 539. The van der Waals surface area contributed by atoms with Crippen molar-refractivity contribution in [1.82, 2.24) is 0 Å². The van der Waals surface area contributed by atoms with Crippen LogP contribution in [0.15, 0.2) is 0 Å². The first-order valence-electron chi connectivity index (χ1n) is 7.93. The van der Waals surface area contributed by atoms with Gasteiger partial charge in [0.1, 0.15) is 18.3 Å². The monoisotopic (exact) mass is 472 g/mol. The Morgan fingerprint density at radius 2 is 1.70 bits per heavy atom. The van der Waals surface area contributed by atoms with Crippen LogP contribution in [0.1, 0.15) is 12.8 Å². The van der Waals surface area contributed by atoms with Crippen LogP contribution in [0.3, 0.4) is 0 Å². The van der Waals surface area contributed by atoms with Gasteiger partial charge in [-0.15, -0.1) is 0 Å². The number of hydrogen-bond donors (Lipinski definition) is 5. The summed E-state index contributed by atoms with van der Waals surface area (Å²) in [5, 5.41) is 39.0. The highest BCUT2D eigenvalue weighted by Gasteiger charge is 2.46. The summed E-state index contributed by atoms with van der Waals surface area (Å²) < 4.78 is 51.1. The third-order valence-electron chi connectivity index (χ3n) is 4.62. The summed E-state index contributed by atoms with van der Waals surface area (Å²) in [6.45, 7) is -0.671. The van der Waals surface area contributed by atoms with E-state index in [4.69, 9.17) is 23.2 Å². The van der Waals surface area contributed by atoms with Crippen LogP contribution >= 0.6 is 28.4 Å². The Hall–Kier alpha value is 0.880. The van der Waals surface area contributed by atoms with Crippen molar-refractivity contribution in [3.05, 3.63) is 0 Å². The number of rotatable bonds is 12. The van der Waals surface area contributed by atoms with Crippen LogP contribution in [-0.4, -0.2) is 83.2 Å². The van der Waals surface area contributed by atoms with Crippen LogP contribution < -0.4 is 0 Å². The average Bonchev–Trinajstić information content (AvgIpc) is 2.94. The van der Waals surface area contributed by atoms with Crippen molar-refractivity contribution in [3.8, 4) is 0 Å². The predicted octanol–water partition coefficient (Wildman–Crippen LogP) is -1.57. The average molecular weight is 472 g/mol. The Morgan fingerprint density at radius 1 is 1.07 bits per heavy atom. The summed E-state index contributed by atoms with van der Waals surface area (Å²) in [5.41, 5.74) is 0. The van der Waals surface area contributed by atoms with Crippen LogP contribution in [0, 0.1) is 11.8 Å². The van der Waals surface area contributed by atoms with Gasteiger partial charge < -0.3 is 34.0 Å². The van der Waals surface area contributed by atoms with Gasteiger partial charge in [-0.25, -0.2) is 4.18 Å². The molecular weight excluding hydrogens is 445 g/mol. The van der Waals surface area contributed by atoms with E-state index in [1.54, 1.807) is 0 Å². The fraction of sp³-hybridized carbons (Fsp3) is 1.00. The topological polar surface area (TPSA) is 172 Å². The molecule has 1 fully saturated rings. The normalized spacial score (nSPS) is 30.8. The lowest BCUT2D eigenvalue weighted by atomic mass is 9.87. The lowest BCUT2D eigenvalue weighted by Gasteiger charge is -2.31. The van der Waals surface area contributed by atoms with Gasteiger partial charge in [0.2, 0.25) is 0 Å². The summed E-state index contributed by atoms with van der Waals surface area (Å²) in [5.74, 6) is -0.533. The Balaban J connectivity index is 2.99. The number of aliphatic hydroxyl groups is 4. The van der Waals surface area contributed by atoms with Crippen LogP contribution in [0.4, 0.5) is 0 Å². The Labute approximate surface area is 164 Å². The molecule has 1 aliphatic rings. The largest absolute Gasteiger partial charge is 0.397 e. The van der Waals surface area contributed by atoms with Crippen molar-refractivity contribution < 1.29 is 51.2 Å². The van der Waals surface area contributed by atoms with Crippen LogP contribution in [0.25, 0.3) is 0 Å². The van der Waals surface area contributed by atoms with Gasteiger partial charge in [-0.2, -0.15) is 8.42 Å². The van der Waals surface area contributed by atoms with Crippen molar-refractivity contribution in [1.29, 1.82) is 0 Å². The maximum atomic E-state index is 11.1. The molecule has 0 amide bonds. The molecule has 1 rings (SSSR count). The van der Waals surface area contributed by atoms with Gasteiger partial charge in [-0.05, 0) is 18.8 Å². The minimum atomic E-state index is -5.04. The Morgan fingerprint density at radius 3 is 2.15 bits per heavy atom. The molecule has 0 aromatic heterocycles. The van der Waals surface area contributed by atoms with Gasteiger partial charge in [0.15, 0.2) is 0 Å². The zero-order chi connectivity index (χ0) is 20.8. The predicted molar refractivity (Wildman–Crippen MR) is 103 cm³/mol. The molecule has 0 heterocycles. The first-order valence-corrected chi connectivity index (χ1v) is 10.7. The SMILES string of the molecule is O=S(=O)(O)OC(C(O)CC1CC(OP)C(OP)C1COP)C(O)C(O)CO. The summed E-state index contributed by atoms with van der Waals surface area (Å²) in [7, 11) is 1.33. The van der Waals surface area contributed by atoms with Crippen molar-refractivity contribution in [2.24, 2.45) is 11.8 Å². The third-order valence-corrected chi connectivity index (χ3v) is 5.95. The lowest BCUT2D eigenvalue weighted by Crippen LogP contribution is -2.49. The highest BCUT2D eigenvalue weighted by Crippen LogP contribution is 2.41. The second-order valence-corrected chi connectivity index (χ2v) is 8.23. The molecule has 1 saturated carbocycles. The van der Waals surface area contributed by atoms with E-state index < -0.39 is 41.4 Å². The molecule has 15 heteroatoms. The summed E-state index contributed by atoms with van der Waals surface area (Å²) >= 11 is 0. The van der Waals surface area contributed by atoms with E-state index >= 15 is 0 Å². The quantitative estimate of drug-likeness (QED) is 0.164. The molecule has 11 atom stereocenters. The molecule has 0 aromatic rings. The molecule has 0 aliphatic heterocycles. The highest BCUT2D eigenvalue weighted by molar-refractivity contribution is 7.80. The van der Waals surface area contributed by atoms with Crippen LogP contribution in [0.5, 0.6) is 0 Å². The number of hydrogen-bond acceptors (Lipinski definition) is 10. The van der Waals surface area contributed by atoms with Gasteiger partial charge in [0.25, 0.3) is 0 Å². The van der Waals surface area contributed by atoms with E-state index in [0.29, 0.717) is 6.42 Å². The van der Waals surface area contributed by atoms with Gasteiger partial charge in [-0.3, -0.25) is 4.55 Å². The van der Waals surface area contributed by atoms with Crippen molar-refractivity contribution in [2.45, 2.75) is 49.5 Å².